The molecular weight excluding hydrogens is 410 g/mol. The number of nitrogens with zero attached hydrogens (tertiary/aromatic N) is 2. The van der Waals surface area contributed by atoms with Gasteiger partial charge in [0.2, 0.25) is 5.91 Å². The summed E-state index contributed by atoms with van der Waals surface area (Å²) in [6.45, 7) is 8.61. The van der Waals surface area contributed by atoms with Crippen molar-refractivity contribution < 1.29 is 14.3 Å². The molecule has 31 heavy (non-hydrogen) atoms. The highest BCUT2D eigenvalue weighted by Gasteiger charge is 2.20. The van der Waals surface area contributed by atoms with Crippen LogP contribution in [-0.2, 0) is 11.3 Å². The van der Waals surface area contributed by atoms with E-state index in [1.54, 1.807) is 26.0 Å². The number of piperazine rings is 1. The van der Waals surface area contributed by atoms with Crippen molar-refractivity contribution in [3.05, 3.63) is 60.7 Å². The maximum Gasteiger partial charge on any atom is 0.238 e. The third kappa shape index (κ3) is 6.75. The Kier molecular flexibility index (Phi) is 8.82. The molecule has 166 valence electrons. The number of benzene rings is 2. The van der Waals surface area contributed by atoms with Crippen molar-refractivity contribution in [2.75, 3.05) is 58.0 Å². The zero-order chi connectivity index (χ0) is 22.1. The molecule has 1 fully saturated rings. The molecular formula is C24H31N3O3S. The number of hydrogen-bond acceptors (Lipinski definition) is 6. The zero-order valence-electron chi connectivity index (χ0n) is 18.3. The number of thioether (sulfide) groups is 1. The first-order valence-electron chi connectivity index (χ1n) is 10.4. The predicted octanol–water partition coefficient (Wildman–Crippen LogP) is 3.74. The molecule has 0 bridgehead atoms. The topological polar surface area (TPSA) is 54.0 Å². The molecule has 1 heterocycles. The summed E-state index contributed by atoms with van der Waals surface area (Å²) in [4.78, 5) is 18.3. The standard InChI is InChI=1S/C24H31N3O3S/c1-4-15-31-23-8-6-5-7-20(23)25-24(28)18-27-13-11-26(12-14-27)17-19-9-10-21(29-2)22(16-19)30-3/h4-10,16H,1,11-15,17-18H2,2-3H3,(H,25,28). The molecule has 0 aliphatic carbocycles. The quantitative estimate of drug-likeness (QED) is 0.448. The van der Waals surface area contributed by atoms with Crippen LogP contribution in [0.25, 0.3) is 0 Å². The summed E-state index contributed by atoms with van der Waals surface area (Å²) in [5.41, 5.74) is 2.06. The van der Waals surface area contributed by atoms with Gasteiger partial charge in [-0.05, 0) is 29.8 Å². The summed E-state index contributed by atoms with van der Waals surface area (Å²) < 4.78 is 10.7. The molecule has 0 saturated carbocycles. The van der Waals surface area contributed by atoms with E-state index in [1.165, 1.54) is 5.56 Å². The van der Waals surface area contributed by atoms with E-state index in [-0.39, 0.29) is 5.91 Å². The third-order valence-electron chi connectivity index (χ3n) is 5.20. The van der Waals surface area contributed by atoms with Crippen LogP contribution in [0, 0.1) is 0 Å². The monoisotopic (exact) mass is 441 g/mol. The van der Waals surface area contributed by atoms with Gasteiger partial charge in [-0.15, -0.1) is 18.3 Å². The number of nitrogens with one attached hydrogen (secondary N) is 1. The van der Waals surface area contributed by atoms with E-state index in [4.69, 9.17) is 9.47 Å². The Labute approximate surface area is 189 Å². The average Bonchev–Trinajstić information content (AvgIpc) is 2.79. The van der Waals surface area contributed by atoms with Crippen molar-refractivity contribution in [3.63, 3.8) is 0 Å². The van der Waals surface area contributed by atoms with E-state index in [0.717, 1.165) is 60.6 Å². The van der Waals surface area contributed by atoms with Crippen molar-refractivity contribution in [2.24, 2.45) is 0 Å². The highest BCUT2D eigenvalue weighted by atomic mass is 32.2. The number of carbonyl (C=O) groups excluding carboxylic acids is 1. The van der Waals surface area contributed by atoms with Gasteiger partial charge in [0, 0.05) is 43.4 Å². The van der Waals surface area contributed by atoms with Gasteiger partial charge in [-0.25, -0.2) is 0 Å². The van der Waals surface area contributed by atoms with Crippen molar-refractivity contribution >= 4 is 23.4 Å². The smallest absolute Gasteiger partial charge is 0.238 e. The SMILES string of the molecule is C=CCSc1ccccc1NC(=O)CN1CCN(Cc2ccc(OC)c(OC)c2)CC1. The molecule has 3 rings (SSSR count). The van der Waals surface area contributed by atoms with Gasteiger partial charge in [0.25, 0.3) is 0 Å². The molecule has 1 saturated heterocycles. The second kappa shape index (κ2) is 11.8. The molecule has 1 amide bonds. The van der Waals surface area contributed by atoms with Gasteiger partial charge in [-0.3, -0.25) is 14.6 Å². The van der Waals surface area contributed by atoms with E-state index in [2.05, 4.69) is 27.8 Å². The second-order valence-electron chi connectivity index (χ2n) is 7.39. The van der Waals surface area contributed by atoms with Crippen LogP contribution in [0.15, 0.2) is 60.0 Å². The number of hydrogen-bond donors (Lipinski definition) is 1. The van der Waals surface area contributed by atoms with Crippen LogP contribution >= 0.6 is 11.8 Å². The van der Waals surface area contributed by atoms with Crippen LogP contribution in [0.3, 0.4) is 0 Å². The Morgan fingerprint density at radius 1 is 1.06 bits per heavy atom. The molecule has 1 N–H and O–H groups in total. The molecule has 1 aliphatic heterocycles. The zero-order valence-corrected chi connectivity index (χ0v) is 19.1. The van der Waals surface area contributed by atoms with Crippen molar-refractivity contribution in [1.29, 1.82) is 0 Å². The summed E-state index contributed by atoms with van der Waals surface area (Å²) in [5.74, 6) is 2.34. The summed E-state index contributed by atoms with van der Waals surface area (Å²) in [6.07, 6.45) is 1.87. The van der Waals surface area contributed by atoms with Crippen LogP contribution < -0.4 is 14.8 Å². The normalized spacial score (nSPS) is 14.8. The van der Waals surface area contributed by atoms with E-state index >= 15 is 0 Å². The fourth-order valence-corrected chi connectivity index (χ4v) is 4.33. The lowest BCUT2D eigenvalue weighted by atomic mass is 10.1. The number of rotatable bonds is 10. The highest BCUT2D eigenvalue weighted by molar-refractivity contribution is 7.99. The average molecular weight is 442 g/mol. The minimum absolute atomic E-state index is 0.0278. The highest BCUT2D eigenvalue weighted by Crippen LogP contribution is 2.28. The number of amides is 1. The second-order valence-corrected chi connectivity index (χ2v) is 8.45. The molecule has 0 aromatic heterocycles. The Morgan fingerprint density at radius 3 is 2.48 bits per heavy atom. The largest absolute Gasteiger partial charge is 0.493 e. The maximum atomic E-state index is 12.6. The number of ether oxygens (including phenoxy) is 2. The van der Waals surface area contributed by atoms with Gasteiger partial charge in [0.15, 0.2) is 11.5 Å². The summed E-state index contributed by atoms with van der Waals surface area (Å²) in [6, 6.07) is 13.9. The minimum atomic E-state index is 0.0278. The summed E-state index contributed by atoms with van der Waals surface area (Å²) >= 11 is 1.67. The molecule has 0 atom stereocenters. The third-order valence-corrected chi connectivity index (χ3v) is 6.27. The van der Waals surface area contributed by atoms with Crippen LogP contribution in [0.4, 0.5) is 5.69 Å². The minimum Gasteiger partial charge on any atom is -0.493 e. The first kappa shape index (κ1) is 23.2. The van der Waals surface area contributed by atoms with Gasteiger partial charge < -0.3 is 14.8 Å². The molecule has 2 aromatic rings. The molecule has 1 aliphatic rings. The lowest BCUT2D eigenvalue weighted by molar-refractivity contribution is -0.117. The molecule has 2 aromatic carbocycles. The molecule has 6 nitrogen and oxygen atoms in total. The molecule has 0 radical (unpaired) electrons. The number of carbonyl (C=O) groups is 1. The van der Waals surface area contributed by atoms with Crippen LogP contribution in [0.2, 0.25) is 0 Å². The van der Waals surface area contributed by atoms with E-state index in [0.29, 0.717) is 6.54 Å². The van der Waals surface area contributed by atoms with E-state index in [1.807, 2.05) is 42.5 Å². The Balaban J connectivity index is 1.47. The summed E-state index contributed by atoms with van der Waals surface area (Å²) in [7, 11) is 3.30. The number of para-hydroxylation sites is 1. The van der Waals surface area contributed by atoms with Crippen LogP contribution in [-0.4, -0.2) is 68.4 Å². The van der Waals surface area contributed by atoms with Crippen molar-refractivity contribution in [1.82, 2.24) is 9.80 Å². The lowest BCUT2D eigenvalue weighted by Gasteiger charge is -2.34. The molecule has 0 spiro atoms. The van der Waals surface area contributed by atoms with E-state index < -0.39 is 0 Å². The van der Waals surface area contributed by atoms with Crippen LogP contribution in [0.1, 0.15) is 5.56 Å². The Morgan fingerprint density at radius 2 is 1.77 bits per heavy atom. The Hall–Kier alpha value is -2.48. The van der Waals surface area contributed by atoms with Gasteiger partial charge in [-0.1, -0.05) is 24.3 Å². The van der Waals surface area contributed by atoms with E-state index in [9.17, 15) is 4.79 Å². The van der Waals surface area contributed by atoms with Gasteiger partial charge in [0.05, 0.1) is 26.5 Å². The predicted molar refractivity (Wildman–Crippen MR) is 127 cm³/mol. The number of methoxy groups -OCH3 is 2. The first-order chi connectivity index (χ1) is 15.1. The molecule has 7 heteroatoms. The Bertz CT molecular complexity index is 882. The fourth-order valence-electron chi connectivity index (χ4n) is 3.58. The van der Waals surface area contributed by atoms with Gasteiger partial charge in [0.1, 0.15) is 0 Å². The van der Waals surface area contributed by atoms with Gasteiger partial charge in [-0.2, -0.15) is 0 Å². The summed E-state index contributed by atoms with van der Waals surface area (Å²) in [5, 5.41) is 3.07. The first-order valence-corrected chi connectivity index (χ1v) is 11.4. The lowest BCUT2D eigenvalue weighted by Crippen LogP contribution is -2.48. The van der Waals surface area contributed by atoms with Crippen LogP contribution in [0.5, 0.6) is 11.5 Å². The van der Waals surface area contributed by atoms with Gasteiger partial charge >= 0.3 is 0 Å². The fraction of sp³-hybridized carbons (Fsp3) is 0.375. The van der Waals surface area contributed by atoms with Crippen molar-refractivity contribution in [3.8, 4) is 11.5 Å². The van der Waals surface area contributed by atoms with Crippen molar-refractivity contribution in [2.45, 2.75) is 11.4 Å². The number of anilines is 1. The maximum absolute atomic E-state index is 12.6. The molecule has 0 unspecified atom stereocenters.